The average molecular weight is 234 g/mol. The number of esters is 1. The largest absolute Gasteiger partial charge is 0.466 e. The van der Waals surface area contributed by atoms with Gasteiger partial charge in [0.05, 0.1) is 24.1 Å². The SMILES string of the molecule is CCOC(=O)C[C@@H](N)c1sccc1Cl. The van der Waals surface area contributed by atoms with Crippen LogP contribution in [-0.2, 0) is 9.53 Å². The number of halogens is 1. The number of carbonyl (C=O) groups is 1. The van der Waals surface area contributed by atoms with E-state index in [4.69, 9.17) is 22.1 Å². The van der Waals surface area contributed by atoms with Gasteiger partial charge in [0.25, 0.3) is 0 Å². The van der Waals surface area contributed by atoms with Crippen molar-refractivity contribution in [3.8, 4) is 0 Å². The van der Waals surface area contributed by atoms with E-state index in [1.54, 1.807) is 13.0 Å². The van der Waals surface area contributed by atoms with Crippen LogP contribution in [0.15, 0.2) is 11.4 Å². The Bertz CT molecular complexity index is 314. The minimum absolute atomic E-state index is 0.175. The zero-order chi connectivity index (χ0) is 10.6. The van der Waals surface area contributed by atoms with E-state index in [0.717, 1.165) is 4.88 Å². The van der Waals surface area contributed by atoms with Crippen LogP contribution in [0.25, 0.3) is 0 Å². The molecule has 0 radical (unpaired) electrons. The molecule has 0 aliphatic carbocycles. The van der Waals surface area contributed by atoms with Gasteiger partial charge in [-0.2, -0.15) is 0 Å². The van der Waals surface area contributed by atoms with E-state index in [-0.39, 0.29) is 18.4 Å². The van der Waals surface area contributed by atoms with Crippen molar-refractivity contribution in [2.45, 2.75) is 19.4 Å². The van der Waals surface area contributed by atoms with Crippen molar-refractivity contribution in [1.82, 2.24) is 0 Å². The third kappa shape index (κ3) is 2.97. The van der Waals surface area contributed by atoms with Gasteiger partial charge in [0.1, 0.15) is 0 Å². The molecule has 78 valence electrons. The molecule has 0 saturated heterocycles. The summed E-state index contributed by atoms with van der Waals surface area (Å²) < 4.78 is 4.79. The fourth-order valence-corrected chi connectivity index (χ4v) is 2.26. The Hall–Kier alpha value is -0.580. The number of thiophene rings is 1. The van der Waals surface area contributed by atoms with Crippen LogP contribution < -0.4 is 5.73 Å². The van der Waals surface area contributed by atoms with Gasteiger partial charge in [-0.05, 0) is 18.4 Å². The molecular formula is C9H12ClNO2S. The molecule has 0 aliphatic rings. The number of ether oxygens (including phenoxy) is 1. The lowest BCUT2D eigenvalue weighted by molar-refractivity contribution is -0.143. The maximum absolute atomic E-state index is 11.1. The van der Waals surface area contributed by atoms with E-state index in [1.165, 1.54) is 11.3 Å². The molecule has 3 nitrogen and oxygen atoms in total. The van der Waals surface area contributed by atoms with Crippen molar-refractivity contribution in [1.29, 1.82) is 0 Å². The Morgan fingerprint density at radius 3 is 3.00 bits per heavy atom. The second kappa shape index (κ2) is 5.34. The second-order valence-corrected chi connectivity index (χ2v) is 4.10. The smallest absolute Gasteiger partial charge is 0.307 e. The van der Waals surface area contributed by atoms with Gasteiger partial charge in [-0.3, -0.25) is 4.79 Å². The highest BCUT2D eigenvalue weighted by molar-refractivity contribution is 7.10. The number of hydrogen-bond acceptors (Lipinski definition) is 4. The van der Waals surface area contributed by atoms with Gasteiger partial charge in [-0.15, -0.1) is 11.3 Å². The fraction of sp³-hybridized carbons (Fsp3) is 0.444. The number of nitrogens with two attached hydrogens (primary N) is 1. The first kappa shape index (κ1) is 11.5. The fourth-order valence-electron chi connectivity index (χ4n) is 1.06. The summed E-state index contributed by atoms with van der Waals surface area (Å²) in [5, 5.41) is 2.47. The van der Waals surface area contributed by atoms with Crippen LogP contribution in [0.3, 0.4) is 0 Å². The van der Waals surface area contributed by atoms with Crippen LogP contribution >= 0.6 is 22.9 Å². The van der Waals surface area contributed by atoms with Gasteiger partial charge >= 0.3 is 5.97 Å². The molecule has 0 bridgehead atoms. The van der Waals surface area contributed by atoms with Gasteiger partial charge in [-0.1, -0.05) is 11.6 Å². The summed E-state index contributed by atoms with van der Waals surface area (Å²) in [6.07, 6.45) is 0.175. The summed E-state index contributed by atoms with van der Waals surface area (Å²) >= 11 is 7.33. The minimum Gasteiger partial charge on any atom is -0.466 e. The molecular weight excluding hydrogens is 222 g/mol. The van der Waals surface area contributed by atoms with Crippen molar-refractivity contribution in [2.75, 3.05) is 6.61 Å². The number of carbonyl (C=O) groups excluding carboxylic acids is 1. The van der Waals surface area contributed by atoms with Crippen molar-refractivity contribution in [2.24, 2.45) is 5.73 Å². The van der Waals surface area contributed by atoms with E-state index >= 15 is 0 Å². The van der Waals surface area contributed by atoms with E-state index in [2.05, 4.69) is 0 Å². The first-order chi connectivity index (χ1) is 6.65. The van der Waals surface area contributed by atoms with Crippen molar-refractivity contribution in [3.63, 3.8) is 0 Å². The van der Waals surface area contributed by atoms with E-state index in [1.807, 2.05) is 5.38 Å². The van der Waals surface area contributed by atoms with Gasteiger partial charge in [0, 0.05) is 4.88 Å². The molecule has 1 aromatic heterocycles. The van der Waals surface area contributed by atoms with Crippen molar-refractivity contribution >= 4 is 28.9 Å². The molecule has 0 aliphatic heterocycles. The molecule has 14 heavy (non-hydrogen) atoms. The monoisotopic (exact) mass is 233 g/mol. The molecule has 0 unspecified atom stereocenters. The van der Waals surface area contributed by atoms with Crippen LogP contribution in [0.2, 0.25) is 5.02 Å². The molecule has 0 fully saturated rings. The minimum atomic E-state index is -0.360. The molecule has 1 atom stereocenters. The zero-order valence-corrected chi connectivity index (χ0v) is 9.40. The molecule has 1 rings (SSSR count). The molecule has 1 aromatic rings. The van der Waals surface area contributed by atoms with E-state index < -0.39 is 0 Å². The molecule has 0 spiro atoms. The summed E-state index contributed by atoms with van der Waals surface area (Å²) in [7, 11) is 0. The van der Waals surface area contributed by atoms with Gasteiger partial charge < -0.3 is 10.5 Å². The lowest BCUT2D eigenvalue weighted by Crippen LogP contribution is -2.16. The maximum atomic E-state index is 11.1. The summed E-state index contributed by atoms with van der Waals surface area (Å²) in [4.78, 5) is 12.0. The van der Waals surface area contributed by atoms with Crippen LogP contribution in [0.1, 0.15) is 24.3 Å². The topological polar surface area (TPSA) is 52.3 Å². The Balaban J connectivity index is 2.54. The molecule has 0 saturated carbocycles. The van der Waals surface area contributed by atoms with Crippen LogP contribution in [-0.4, -0.2) is 12.6 Å². The van der Waals surface area contributed by atoms with E-state index in [9.17, 15) is 4.79 Å². The third-order valence-electron chi connectivity index (χ3n) is 1.67. The first-order valence-electron chi connectivity index (χ1n) is 4.29. The van der Waals surface area contributed by atoms with E-state index in [0.29, 0.717) is 11.6 Å². The van der Waals surface area contributed by atoms with Gasteiger partial charge in [-0.25, -0.2) is 0 Å². The summed E-state index contributed by atoms with van der Waals surface area (Å²) in [6.45, 7) is 2.14. The predicted molar refractivity (Wildman–Crippen MR) is 57.5 cm³/mol. The number of hydrogen-bond donors (Lipinski definition) is 1. The summed E-state index contributed by atoms with van der Waals surface area (Å²) in [5.74, 6) is -0.288. The molecule has 2 N–H and O–H groups in total. The zero-order valence-electron chi connectivity index (χ0n) is 7.83. The first-order valence-corrected chi connectivity index (χ1v) is 5.55. The summed E-state index contributed by atoms with van der Waals surface area (Å²) in [5.41, 5.74) is 5.80. The molecule has 5 heteroatoms. The van der Waals surface area contributed by atoms with Gasteiger partial charge in [0.2, 0.25) is 0 Å². The van der Waals surface area contributed by atoms with Crippen LogP contribution in [0.5, 0.6) is 0 Å². The second-order valence-electron chi connectivity index (χ2n) is 2.75. The third-order valence-corrected chi connectivity index (χ3v) is 3.16. The Kier molecular flexibility index (Phi) is 4.38. The molecule has 0 aromatic carbocycles. The predicted octanol–water partition coefficient (Wildman–Crippen LogP) is 2.35. The molecule has 1 heterocycles. The maximum Gasteiger partial charge on any atom is 0.307 e. The van der Waals surface area contributed by atoms with Crippen molar-refractivity contribution in [3.05, 3.63) is 21.3 Å². The Morgan fingerprint density at radius 1 is 1.79 bits per heavy atom. The molecule has 0 amide bonds. The highest BCUT2D eigenvalue weighted by Gasteiger charge is 2.16. The standard InChI is InChI=1S/C9H12ClNO2S/c1-2-13-8(12)5-7(11)9-6(10)3-4-14-9/h3-4,7H,2,5,11H2,1H3/t7-/m1/s1. The Morgan fingerprint density at radius 2 is 2.50 bits per heavy atom. The number of rotatable bonds is 4. The quantitative estimate of drug-likeness (QED) is 0.813. The van der Waals surface area contributed by atoms with Crippen LogP contribution in [0, 0.1) is 0 Å². The van der Waals surface area contributed by atoms with Crippen molar-refractivity contribution < 1.29 is 9.53 Å². The lowest BCUT2D eigenvalue weighted by atomic mass is 10.2. The highest BCUT2D eigenvalue weighted by atomic mass is 35.5. The summed E-state index contributed by atoms with van der Waals surface area (Å²) in [6, 6.07) is 1.41. The normalized spacial score (nSPS) is 12.5. The van der Waals surface area contributed by atoms with Gasteiger partial charge in [0.15, 0.2) is 0 Å². The average Bonchev–Trinajstić information content (AvgIpc) is 2.51. The van der Waals surface area contributed by atoms with Crippen LogP contribution in [0.4, 0.5) is 0 Å². The Labute approximate surface area is 91.8 Å². The highest BCUT2D eigenvalue weighted by Crippen LogP contribution is 2.28. The lowest BCUT2D eigenvalue weighted by Gasteiger charge is -2.09.